The van der Waals surface area contributed by atoms with Crippen molar-refractivity contribution in [2.45, 2.75) is 10.9 Å². The fourth-order valence-electron chi connectivity index (χ4n) is 0.993. The van der Waals surface area contributed by atoms with Crippen LogP contribution in [-0.4, -0.2) is 10.2 Å². The quantitative estimate of drug-likeness (QED) is 0.591. The van der Waals surface area contributed by atoms with Gasteiger partial charge in [0.05, 0.1) is 6.26 Å². The second kappa shape index (κ2) is 2.02. The van der Waals surface area contributed by atoms with Crippen LogP contribution >= 0.6 is 11.8 Å². The van der Waals surface area contributed by atoms with Crippen molar-refractivity contribution in [1.29, 1.82) is 0 Å². The largest absolute Gasteiger partial charge is 0.465 e. The van der Waals surface area contributed by atoms with Gasteiger partial charge in [0.2, 0.25) is 0 Å². The van der Waals surface area contributed by atoms with Crippen LogP contribution in [0.5, 0.6) is 0 Å². The molecule has 4 heteroatoms. The summed E-state index contributed by atoms with van der Waals surface area (Å²) in [6.45, 7) is 0. The van der Waals surface area contributed by atoms with Gasteiger partial charge in [-0.05, 0) is 6.07 Å². The van der Waals surface area contributed by atoms with Crippen molar-refractivity contribution < 1.29 is 14.6 Å². The van der Waals surface area contributed by atoms with E-state index in [1.165, 1.54) is 6.26 Å². The molecule has 3 nitrogen and oxygen atoms in total. The summed E-state index contributed by atoms with van der Waals surface area (Å²) in [5, 5.41) is 18.3. The molecule has 1 aliphatic rings. The predicted molar refractivity (Wildman–Crippen MR) is 36.2 cm³/mol. The summed E-state index contributed by atoms with van der Waals surface area (Å²) < 4.78 is 4.93. The van der Waals surface area contributed by atoms with Crippen LogP contribution in [0.25, 0.3) is 0 Å². The van der Waals surface area contributed by atoms with Crippen LogP contribution in [0.1, 0.15) is 22.2 Å². The zero-order valence-corrected chi connectivity index (χ0v) is 5.84. The van der Waals surface area contributed by atoms with Gasteiger partial charge in [-0.3, -0.25) is 0 Å². The average Bonchev–Trinajstić information content (AvgIpc) is 2.39. The Hall–Kier alpha value is -0.450. The maximum atomic E-state index is 9.18. The molecule has 0 aliphatic carbocycles. The topological polar surface area (TPSA) is 53.6 Å². The highest BCUT2D eigenvalue weighted by Gasteiger charge is 2.31. The summed E-state index contributed by atoms with van der Waals surface area (Å²) in [4.78, 5) is 0. The van der Waals surface area contributed by atoms with Crippen LogP contribution in [0.3, 0.4) is 0 Å². The summed E-state index contributed by atoms with van der Waals surface area (Å²) in [6.07, 6.45) is 1.47. The van der Waals surface area contributed by atoms with Crippen LogP contribution in [-0.2, 0) is 0 Å². The Morgan fingerprint density at radius 1 is 1.40 bits per heavy atom. The zero-order valence-electron chi connectivity index (χ0n) is 5.02. The monoisotopic (exact) mass is 158 g/mol. The number of furan rings is 1. The van der Waals surface area contributed by atoms with E-state index in [1.807, 2.05) is 0 Å². The highest BCUT2D eigenvalue weighted by molar-refractivity contribution is 7.99. The van der Waals surface area contributed by atoms with Crippen molar-refractivity contribution in [2.24, 2.45) is 0 Å². The Balaban J connectivity index is 2.48. The Morgan fingerprint density at radius 2 is 2.20 bits per heavy atom. The minimum absolute atomic E-state index is 0.484. The van der Waals surface area contributed by atoms with Gasteiger partial charge in [-0.1, -0.05) is 11.8 Å². The van der Waals surface area contributed by atoms with Crippen molar-refractivity contribution in [1.82, 2.24) is 0 Å². The standard InChI is InChI=1S/C6H6O3S/c7-5-3-1-2-9-4(3)6(8)10-5/h1-2,5-8H. The highest BCUT2D eigenvalue weighted by atomic mass is 32.2. The molecule has 0 spiro atoms. The van der Waals surface area contributed by atoms with E-state index in [2.05, 4.69) is 0 Å². The van der Waals surface area contributed by atoms with E-state index in [0.717, 1.165) is 11.8 Å². The lowest BCUT2D eigenvalue weighted by molar-refractivity contribution is 0.238. The molecule has 0 saturated carbocycles. The molecule has 2 unspecified atom stereocenters. The molecule has 2 atom stereocenters. The van der Waals surface area contributed by atoms with E-state index in [0.29, 0.717) is 11.3 Å². The Morgan fingerprint density at radius 3 is 2.90 bits per heavy atom. The number of rotatable bonds is 0. The SMILES string of the molecule is OC1SC(O)c2occc21. The van der Waals surface area contributed by atoms with E-state index < -0.39 is 10.9 Å². The van der Waals surface area contributed by atoms with Crippen molar-refractivity contribution in [2.75, 3.05) is 0 Å². The first-order chi connectivity index (χ1) is 4.79. The average molecular weight is 158 g/mol. The number of thioether (sulfide) groups is 1. The molecule has 2 rings (SSSR count). The molecule has 1 aromatic heterocycles. The molecule has 54 valence electrons. The third-order valence-electron chi connectivity index (χ3n) is 1.48. The second-order valence-electron chi connectivity index (χ2n) is 2.08. The molecule has 0 fully saturated rings. The number of hydrogen-bond acceptors (Lipinski definition) is 4. The van der Waals surface area contributed by atoms with Gasteiger partial charge in [-0.2, -0.15) is 0 Å². The zero-order chi connectivity index (χ0) is 7.14. The van der Waals surface area contributed by atoms with Crippen LogP contribution in [0.4, 0.5) is 0 Å². The van der Waals surface area contributed by atoms with E-state index in [1.54, 1.807) is 6.07 Å². The smallest absolute Gasteiger partial charge is 0.160 e. The molecule has 0 aromatic carbocycles. The Bertz CT molecular complexity index is 222. The molecule has 2 heterocycles. The highest BCUT2D eigenvalue weighted by Crippen LogP contribution is 2.47. The van der Waals surface area contributed by atoms with Crippen LogP contribution < -0.4 is 0 Å². The number of aliphatic hydroxyl groups excluding tert-OH is 2. The molecule has 10 heavy (non-hydrogen) atoms. The number of aliphatic hydroxyl groups is 2. The van der Waals surface area contributed by atoms with Gasteiger partial charge in [0.25, 0.3) is 0 Å². The summed E-state index contributed by atoms with van der Waals surface area (Å²) in [6, 6.07) is 1.67. The van der Waals surface area contributed by atoms with Gasteiger partial charge in [0.1, 0.15) is 11.2 Å². The molecule has 2 N–H and O–H groups in total. The second-order valence-corrected chi connectivity index (χ2v) is 3.25. The van der Waals surface area contributed by atoms with E-state index in [9.17, 15) is 5.11 Å². The van der Waals surface area contributed by atoms with E-state index in [-0.39, 0.29) is 0 Å². The first kappa shape index (κ1) is 6.27. The van der Waals surface area contributed by atoms with E-state index in [4.69, 9.17) is 9.52 Å². The summed E-state index contributed by atoms with van der Waals surface area (Å²) in [5.41, 5.74) is -0.624. The molecular weight excluding hydrogens is 152 g/mol. The fraction of sp³-hybridized carbons (Fsp3) is 0.333. The van der Waals surface area contributed by atoms with Crippen LogP contribution in [0.2, 0.25) is 0 Å². The molecule has 0 radical (unpaired) electrons. The number of hydrogen-bond donors (Lipinski definition) is 2. The minimum Gasteiger partial charge on any atom is -0.465 e. The van der Waals surface area contributed by atoms with Crippen molar-refractivity contribution >= 4 is 11.8 Å². The van der Waals surface area contributed by atoms with Gasteiger partial charge < -0.3 is 14.6 Å². The summed E-state index contributed by atoms with van der Waals surface area (Å²) in [7, 11) is 0. The molecule has 1 aromatic rings. The van der Waals surface area contributed by atoms with Crippen molar-refractivity contribution in [3.05, 3.63) is 23.7 Å². The lowest BCUT2D eigenvalue weighted by Gasteiger charge is -1.98. The first-order valence-electron chi connectivity index (χ1n) is 2.88. The third-order valence-corrected chi connectivity index (χ3v) is 2.46. The van der Waals surface area contributed by atoms with Crippen molar-refractivity contribution in [3.8, 4) is 0 Å². The molecule has 0 bridgehead atoms. The Labute approximate surface area is 61.7 Å². The van der Waals surface area contributed by atoms with Crippen molar-refractivity contribution in [3.63, 3.8) is 0 Å². The Kier molecular flexibility index (Phi) is 1.26. The lowest BCUT2D eigenvalue weighted by Crippen LogP contribution is -1.81. The third kappa shape index (κ3) is 0.697. The van der Waals surface area contributed by atoms with Gasteiger partial charge in [0.15, 0.2) is 5.44 Å². The molecule has 0 saturated heterocycles. The van der Waals surface area contributed by atoms with E-state index >= 15 is 0 Å². The molecule has 0 amide bonds. The first-order valence-corrected chi connectivity index (χ1v) is 3.82. The molecule has 1 aliphatic heterocycles. The van der Waals surface area contributed by atoms with Crippen LogP contribution in [0, 0.1) is 0 Å². The fourth-order valence-corrected chi connectivity index (χ4v) is 1.89. The minimum atomic E-state index is -0.694. The van der Waals surface area contributed by atoms with Gasteiger partial charge in [-0.15, -0.1) is 0 Å². The maximum absolute atomic E-state index is 9.18. The predicted octanol–water partition coefficient (Wildman–Crippen LogP) is 1.01. The van der Waals surface area contributed by atoms with Gasteiger partial charge >= 0.3 is 0 Å². The molecular formula is C6H6O3S. The van der Waals surface area contributed by atoms with Gasteiger partial charge in [0, 0.05) is 5.56 Å². The number of fused-ring (bicyclic) bond motifs is 1. The normalized spacial score (nSPS) is 30.6. The summed E-state index contributed by atoms with van der Waals surface area (Å²) >= 11 is 1.07. The lowest BCUT2D eigenvalue weighted by atomic mass is 10.3. The van der Waals surface area contributed by atoms with Crippen LogP contribution in [0.15, 0.2) is 16.7 Å². The summed E-state index contributed by atoms with van der Waals surface area (Å²) in [5.74, 6) is 0.484. The van der Waals surface area contributed by atoms with Gasteiger partial charge in [-0.25, -0.2) is 0 Å². The maximum Gasteiger partial charge on any atom is 0.160 e.